The van der Waals surface area contributed by atoms with Crippen molar-refractivity contribution in [3.05, 3.63) is 59.7 Å². The van der Waals surface area contributed by atoms with Gasteiger partial charge in [0.05, 0.1) is 16.1 Å². The molecule has 1 fully saturated rings. The van der Waals surface area contributed by atoms with Gasteiger partial charge in [-0.2, -0.15) is 13.2 Å². The van der Waals surface area contributed by atoms with E-state index in [0.717, 1.165) is 53.9 Å². The molecule has 0 saturated heterocycles. The predicted molar refractivity (Wildman–Crippen MR) is 94.3 cm³/mol. The normalized spacial score (nSPS) is 16.2. The van der Waals surface area contributed by atoms with Crippen molar-refractivity contribution in [1.29, 1.82) is 0 Å². The van der Waals surface area contributed by atoms with Gasteiger partial charge in [0.15, 0.2) is 0 Å². The number of benzene rings is 2. The maximum atomic E-state index is 14.4. The summed E-state index contributed by atoms with van der Waals surface area (Å²) in [6, 6.07) is 4.91. The molecule has 0 amide bonds. The number of alkyl halides is 3. The molecule has 0 N–H and O–H groups in total. The fraction of sp³-hybridized carbons (Fsp3) is 0.368. The van der Waals surface area contributed by atoms with Crippen molar-refractivity contribution in [1.82, 2.24) is 0 Å². The zero-order valence-corrected chi connectivity index (χ0v) is 15.5. The molecular weight excluding hydrogens is 401 g/mol. The number of halogens is 5. The third-order valence-electron chi connectivity index (χ3n) is 4.79. The zero-order chi connectivity index (χ0) is 20.5. The van der Waals surface area contributed by atoms with Crippen LogP contribution < -0.4 is 4.31 Å². The number of anilines is 1. The summed E-state index contributed by atoms with van der Waals surface area (Å²) < 4.78 is 93.7. The molecule has 0 spiro atoms. The van der Waals surface area contributed by atoms with Crippen molar-refractivity contribution in [3.8, 4) is 0 Å². The van der Waals surface area contributed by atoms with E-state index in [1.165, 1.54) is 0 Å². The number of hydrogen-bond donors (Lipinski definition) is 0. The average Bonchev–Trinajstić information content (AvgIpc) is 2.65. The van der Waals surface area contributed by atoms with Crippen molar-refractivity contribution in [3.63, 3.8) is 0 Å². The van der Waals surface area contributed by atoms with Crippen LogP contribution >= 0.6 is 0 Å². The lowest BCUT2D eigenvalue weighted by Crippen LogP contribution is -2.42. The zero-order valence-electron chi connectivity index (χ0n) is 14.7. The summed E-state index contributed by atoms with van der Waals surface area (Å²) in [7, 11) is -4.40. The van der Waals surface area contributed by atoms with Crippen molar-refractivity contribution in [2.24, 2.45) is 0 Å². The Morgan fingerprint density at radius 1 is 0.893 bits per heavy atom. The van der Waals surface area contributed by atoms with E-state index in [1.807, 2.05) is 0 Å². The van der Waals surface area contributed by atoms with Gasteiger partial charge in [-0.1, -0.05) is 19.3 Å². The fourth-order valence-corrected chi connectivity index (χ4v) is 5.13. The Labute approximate surface area is 159 Å². The summed E-state index contributed by atoms with van der Waals surface area (Å²) in [5.74, 6) is -1.72. The topological polar surface area (TPSA) is 37.4 Å². The van der Waals surface area contributed by atoms with Crippen LogP contribution in [0.25, 0.3) is 0 Å². The first-order valence-electron chi connectivity index (χ1n) is 8.77. The molecule has 3 nitrogen and oxygen atoms in total. The molecule has 0 atom stereocenters. The smallest absolute Gasteiger partial charge is 0.260 e. The summed E-state index contributed by atoms with van der Waals surface area (Å²) in [6.07, 6.45) is -1.36. The Morgan fingerprint density at radius 2 is 1.50 bits per heavy atom. The Bertz CT molecular complexity index is 936. The van der Waals surface area contributed by atoms with Crippen LogP contribution in [0.5, 0.6) is 0 Å². The van der Waals surface area contributed by atoms with E-state index in [-0.39, 0.29) is 0 Å². The van der Waals surface area contributed by atoms with Crippen LogP contribution in [-0.4, -0.2) is 14.5 Å². The summed E-state index contributed by atoms with van der Waals surface area (Å²) in [5.41, 5.74) is -1.43. The minimum Gasteiger partial charge on any atom is -0.260 e. The molecule has 0 bridgehead atoms. The largest absolute Gasteiger partial charge is 0.416 e. The van der Waals surface area contributed by atoms with Crippen LogP contribution in [-0.2, 0) is 16.2 Å². The molecule has 9 heteroatoms. The first kappa shape index (κ1) is 20.6. The highest BCUT2D eigenvalue weighted by molar-refractivity contribution is 7.92. The lowest BCUT2D eigenvalue weighted by molar-refractivity contribution is -0.137. The maximum absolute atomic E-state index is 14.4. The molecule has 0 aromatic heterocycles. The molecule has 0 unspecified atom stereocenters. The second-order valence-electron chi connectivity index (χ2n) is 6.71. The van der Waals surface area contributed by atoms with Gasteiger partial charge in [0.2, 0.25) is 0 Å². The predicted octanol–water partition coefficient (Wildman–Crippen LogP) is 5.51. The Morgan fingerprint density at radius 3 is 2.07 bits per heavy atom. The van der Waals surface area contributed by atoms with E-state index in [4.69, 9.17) is 0 Å². The van der Waals surface area contributed by atoms with Gasteiger partial charge in [-0.25, -0.2) is 17.2 Å². The van der Waals surface area contributed by atoms with Crippen LogP contribution in [0.1, 0.15) is 37.7 Å². The lowest BCUT2D eigenvalue weighted by Gasteiger charge is -2.35. The molecule has 0 radical (unpaired) electrons. The number of hydrogen-bond acceptors (Lipinski definition) is 2. The minimum absolute atomic E-state index is 0.408. The van der Waals surface area contributed by atoms with Crippen LogP contribution in [0.4, 0.5) is 27.6 Å². The fourth-order valence-electron chi connectivity index (χ4n) is 3.42. The average molecular weight is 419 g/mol. The van der Waals surface area contributed by atoms with Gasteiger partial charge < -0.3 is 0 Å². The van der Waals surface area contributed by atoms with Gasteiger partial charge in [0.1, 0.15) is 11.6 Å². The van der Waals surface area contributed by atoms with Crippen LogP contribution in [0.15, 0.2) is 47.4 Å². The molecule has 1 aliphatic rings. The molecule has 1 aliphatic carbocycles. The van der Waals surface area contributed by atoms with Gasteiger partial charge in [-0.05, 0) is 49.2 Å². The first-order chi connectivity index (χ1) is 13.1. The van der Waals surface area contributed by atoms with Crippen LogP contribution in [0.2, 0.25) is 0 Å². The van der Waals surface area contributed by atoms with E-state index >= 15 is 0 Å². The lowest BCUT2D eigenvalue weighted by atomic mass is 9.95. The second kappa shape index (κ2) is 7.69. The Balaban J connectivity index is 2.09. The molecule has 0 aliphatic heterocycles. The molecule has 28 heavy (non-hydrogen) atoms. The molecule has 3 rings (SSSR count). The van der Waals surface area contributed by atoms with Gasteiger partial charge in [-0.15, -0.1) is 0 Å². The van der Waals surface area contributed by atoms with Gasteiger partial charge in [-0.3, -0.25) is 4.31 Å². The monoisotopic (exact) mass is 419 g/mol. The Hall–Kier alpha value is -2.16. The van der Waals surface area contributed by atoms with Crippen LogP contribution in [0.3, 0.4) is 0 Å². The molecule has 1 saturated carbocycles. The Kier molecular flexibility index (Phi) is 5.65. The summed E-state index contributed by atoms with van der Waals surface area (Å²) in [6.45, 7) is 0. The first-order valence-corrected chi connectivity index (χ1v) is 10.2. The van der Waals surface area contributed by atoms with Crippen LogP contribution in [0, 0.1) is 11.6 Å². The third-order valence-corrected chi connectivity index (χ3v) is 6.67. The van der Waals surface area contributed by atoms with E-state index < -0.39 is 50.0 Å². The maximum Gasteiger partial charge on any atom is 0.416 e. The highest BCUT2D eigenvalue weighted by atomic mass is 32.2. The summed E-state index contributed by atoms with van der Waals surface area (Å²) in [4.78, 5) is -0.408. The van der Waals surface area contributed by atoms with E-state index in [1.54, 1.807) is 0 Å². The van der Waals surface area contributed by atoms with E-state index in [2.05, 4.69) is 0 Å². The van der Waals surface area contributed by atoms with Crippen molar-refractivity contribution < 1.29 is 30.4 Å². The molecule has 2 aromatic carbocycles. The van der Waals surface area contributed by atoms with Gasteiger partial charge >= 0.3 is 6.18 Å². The third kappa shape index (κ3) is 4.14. The van der Waals surface area contributed by atoms with Crippen molar-refractivity contribution >= 4 is 15.7 Å². The SMILES string of the molecule is O=S(=O)(c1ccc(C(F)(F)F)cc1)N(c1cc(F)ccc1F)C1CCCCC1. The number of rotatable bonds is 4. The molecular formula is C19H18F5NO2S. The molecule has 0 heterocycles. The minimum atomic E-state index is -4.61. The molecule has 152 valence electrons. The quantitative estimate of drug-likeness (QED) is 0.613. The summed E-state index contributed by atoms with van der Waals surface area (Å²) >= 11 is 0. The summed E-state index contributed by atoms with van der Waals surface area (Å²) in [5, 5.41) is 0. The van der Waals surface area contributed by atoms with E-state index in [0.29, 0.717) is 25.0 Å². The number of nitrogens with zero attached hydrogens (tertiary/aromatic N) is 1. The van der Waals surface area contributed by atoms with Gasteiger partial charge in [0, 0.05) is 12.1 Å². The van der Waals surface area contributed by atoms with E-state index in [9.17, 15) is 30.4 Å². The van der Waals surface area contributed by atoms with Crippen molar-refractivity contribution in [2.45, 2.75) is 49.2 Å². The highest BCUT2D eigenvalue weighted by Crippen LogP contribution is 2.36. The second-order valence-corrected chi connectivity index (χ2v) is 8.53. The van der Waals surface area contributed by atoms with Crippen molar-refractivity contribution in [2.75, 3.05) is 4.31 Å². The standard InChI is InChI=1S/C19H18F5NO2S/c20-14-8-11-17(21)18(12-14)25(15-4-2-1-3-5-15)28(26,27)16-9-6-13(7-10-16)19(22,23)24/h6-12,15H,1-5H2. The number of sulfonamides is 1. The van der Waals surface area contributed by atoms with Gasteiger partial charge in [0.25, 0.3) is 10.0 Å². The molecule has 2 aromatic rings. The highest BCUT2D eigenvalue weighted by Gasteiger charge is 2.36.